The third-order valence-corrected chi connectivity index (χ3v) is 0.707. The molecule has 1 atom stereocenters. The van der Waals surface area contributed by atoms with E-state index in [1.807, 2.05) is 0 Å². The highest BCUT2D eigenvalue weighted by atomic mass is 32.2. The Morgan fingerprint density at radius 2 is 2.00 bits per heavy atom. The summed E-state index contributed by atoms with van der Waals surface area (Å²) in [5, 5.41) is 0. The van der Waals surface area contributed by atoms with Crippen LogP contribution in [0.15, 0.2) is 0 Å². The summed E-state index contributed by atoms with van der Waals surface area (Å²) >= 11 is -1.82. The molecule has 0 aliphatic carbocycles. The second-order valence-corrected chi connectivity index (χ2v) is 1.78. The molecular weight excluding hydrogens is 120 g/mol. The molecule has 0 rings (SSSR count). The average Bonchev–Trinajstić information content (AvgIpc) is 1.38. The predicted molar refractivity (Wildman–Crippen MR) is 29.8 cm³/mol. The van der Waals surface area contributed by atoms with Crippen molar-refractivity contribution in [1.82, 2.24) is 0 Å². The van der Waals surface area contributed by atoms with E-state index in [2.05, 4.69) is 0 Å². The Morgan fingerprint density at radius 3 is 2.00 bits per heavy atom. The molecule has 0 fully saturated rings. The molecule has 0 radical (unpaired) electrons. The molecule has 4 heteroatoms. The minimum absolute atomic E-state index is 0. The normalized spacial score (nSPS) is 12.3. The van der Waals surface area contributed by atoms with Gasteiger partial charge in [0.25, 0.3) is 0 Å². The van der Waals surface area contributed by atoms with Crippen LogP contribution >= 0.6 is 13.5 Å². The van der Waals surface area contributed by atoms with E-state index in [9.17, 15) is 8.76 Å². The van der Waals surface area contributed by atoms with Crippen molar-refractivity contribution in [1.29, 1.82) is 0 Å². The summed E-state index contributed by atoms with van der Waals surface area (Å²) in [4.78, 5) is 0. The molecule has 2 nitrogen and oxygen atoms in total. The van der Waals surface area contributed by atoms with Crippen LogP contribution in [0.3, 0.4) is 0 Å². The molecule has 0 N–H and O–H groups in total. The van der Waals surface area contributed by atoms with E-state index in [0.29, 0.717) is 0 Å². The van der Waals surface area contributed by atoms with Gasteiger partial charge in [0, 0.05) is 5.75 Å². The molecule has 6 heavy (non-hydrogen) atoms. The van der Waals surface area contributed by atoms with Crippen molar-refractivity contribution >= 4 is 24.6 Å². The zero-order chi connectivity index (χ0) is 4.28. The highest BCUT2D eigenvalue weighted by molar-refractivity contribution is 7.79. The van der Waals surface area contributed by atoms with Crippen molar-refractivity contribution in [3.8, 4) is 0 Å². The number of hydrogen-bond acceptors (Lipinski definition) is 2. The lowest BCUT2D eigenvalue weighted by molar-refractivity contribution is 0.538. The fraction of sp³-hybridized carbons (Fsp3) is 1.00. The van der Waals surface area contributed by atoms with E-state index in [4.69, 9.17) is 0 Å². The Labute approximate surface area is 46.7 Å². The quantitative estimate of drug-likeness (QED) is 0.465. The van der Waals surface area contributed by atoms with Crippen molar-refractivity contribution in [2.75, 3.05) is 5.75 Å². The van der Waals surface area contributed by atoms with Gasteiger partial charge >= 0.3 is 0 Å². The lowest BCUT2D eigenvalue weighted by Crippen LogP contribution is -1.85. The maximum atomic E-state index is 9.37. The fourth-order valence-electron chi connectivity index (χ4n) is 0. The molecule has 0 aromatic carbocycles. The van der Waals surface area contributed by atoms with Crippen molar-refractivity contribution in [3.63, 3.8) is 0 Å². The Bertz CT molecular complexity index is 44.8. The second kappa shape index (κ2) is 5.46. The van der Waals surface area contributed by atoms with Gasteiger partial charge in [-0.15, -0.1) is 0 Å². The van der Waals surface area contributed by atoms with Crippen molar-refractivity contribution in [2.45, 2.75) is 6.92 Å². The molecule has 0 bridgehead atoms. The average molecular weight is 127 g/mol. The molecule has 0 saturated heterocycles. The first-order valence-corrected chi connectivity index (χ1v) is 2.57. The Hall–Kier alpha value is 0.460. The van der Waals surface area contributed by atoms with Gasteiger partial charge in [-0.2, -0.15) is 13.5 Å². The number of hydrogen-bond donors (Lipinski definition) is 0. The summed E-state index contributed by atoms with van der Waals surface area (Å²) in [6.07, 6.45) is 0. The van der Waals surface area contributed by atoms with Crippen LogP contribution in [0, 0.1) is 0 Å². The Balaban J connectivity index is 0. The van der Waals surface area contributed by atoms with E-state index >= 15 is 0 Å². The third-order valence-electron chi connectivity index (χ3n) is 0.236. The van der Waals surface area contributed by atoms with E-state index in [-0.39, 0.29) is 19.2 Å². The summed E-state index contributed by atoms with van der Waals surface area (Å²) in [5.41, 5.74) is 0. The maximum Gasteiger partial charge on any atom is 0.00731 e. The molecule has 0 aliphatic heterocycles. The first kappa shape index (κ1) is 9.68. The smallest absolute Gasteiger partial charge is 0.00731 e. The van der Waals surface area contributed by atoms with Crippen molar-refractivity contribution in [2.24, 2.45) is 0 Å². The van der Waals surface area contributed by atoms with Gasteiger partial charge in [0.15, 0.2) is 0 Å². The van der Waals surface area contributed by atoms with Crippen LogP contribution in [-0.4, -0.2) is 14.5 Å². The SMILES string of the molecule is CCS(=O)[O-].S. The van der Waals surface area contributed by atoms with E-state index < -0.39 is 11.1 Å². The molecular formula is C2H7O2S2-. The molecule has 1 unspecified atom stereocenters. The van der Waals surface area contributed by atoms with Crippen LogP contribution in [-0.2, 0) is 11.1 Å². The summed E-state index contributed by atoms with van der Waals surface area (Å²) < 4.78 is 18.7. The minimum Gasteiger partial charge on any atom is -0.772 e. The number of rotatable bonds is 1. The van der Waals surface area contributed by atoms with Crippen LogP contribution in [0.1, 0.15) is 6.92 Å². The summed E-state index contributed by atoms with van der Waals surface area (Å²) in [7, 11) is 0. The zero-order valence-electron chi connectivity index (χ0n) is 3.43. The summed E-state index contributed by atoms with van der Waals surface area (Å²) in [6, 6.07) is 0. The zero-order valence-corrected chi connectivity index (χ0v) is 5.25. The van der Waals surface area contributed by atoms with Gasteiger partial charge in [-0.3, -0.25) is 4.21 Å². The van der Waals surface area contributed by atoms with Gasteiger partial charge in [-0.25, -0.2) is 0 Å². The van der Waals surface area contributed by atoms with Gasteiger partial charge in [0.2, 0.25) is 0 Å². The third kappa shape index (κ3) is 8.82. The van der Waals surface area contributed by atoms with Crippen LogP contribution in [0.25, 0.3) is 0 Å². The second-order valence-electron chi connectivity index (χ2n) is 0.592. The molecule has 0 heterocycles. The highest BCUT2D eigenvalue weighted by Crippen LogP contribution is 1.63. The first-order valence-electron chi connectivity index (χ1n) is 1.33. The molecule has 0 spiro atoms. The van der Waals surface area contributed by atoms with Crippen LogP contribution < -0.4 is 0 Å². The molecule has 0 aromatic rings. The standard InChI is InChI=1S/C2H6O2S.H2S/c1-2-5(3)4;/h2H2,1H3,(H,3,4);1H2/p-1. The summed E-state index contributed by atoms with van der Waals surface area (Å²) in [6.45, 7) is 1.59. The van der Waals surface area contributed by atoms with E-state index in [0.717, 1.165) is 0 Å². The van der Waals surface area contributed by atoms with Crippen molar-refractivity contribution < 1.29 is 8.76 Å². The minimum atomic E-state index is -1.82. The Morgan fingerprint density at radius 1 is 1.83 bits per heavy atom. The van der Waals surface area contributed by atoms with Gasteiger partial charge in [-0.1, -0.05) is 18.0 Å². The fourth-order valence-corrected chi connectivity index (χ4v) is 0. The lowest BCUT2D eigenvalue weighted by Gasteiger charge is -1.93. The summed E-state index contributed by atoms with van der Waals surface area (Å²) in [5.74, 6) is 0.222. The van der Waals surface area contributed by atoms with Gasteiger partial charge in [-0.05, 0) is 0 Å². The largest absolute Gasteiger partial charge is 0.772 e. The van der Waals surface area contributed by atoms with E-state index in [1.54, 1.807) is 6.92 Å². The van der Waals surface area contributed by atoms with Crippen LogP contribution in [0.5, 0.6) is 0 Å². The van der Waals surface area contributed by atoms with Gasteiger partial charge < -0.3 is 4.55 Å². The molecule has 0 amide bonds. The molecule has 0 aliphatic rings. The monoisotopic (exact) mass is 127 g/mol. The van der Waals surface area contributed by atoms with Gasteiger partial charge in [0.1, 0.15) is 0 Å². The molecule has 0 aromatic heterocycles. The predicted octanol–water partition coefficient (Wildman–Crippen LogP) is -0.00180. The lowest BCUT2D eigenvalue weighted by atomic mass is 11.0. The van der Waals surface area contributed by atoms with Gasteiger partial charge in [0.05, 0.1) is 0 Å². The highest BCUT2D eigenvalue weighted by Gasteiger charge is 1.62. The van der Waals surface area contributed by atoms with Crippen LogP contribution in [0.2, 0.25) is 0 Å². The topological polar surface area (TPSA) is 40.1 Å². The maximum absolute atomic E-state index is 9.37. The van der Waals surface area contributed by atoms with Crippen LogP contribution in [0.4, 0.5) is 0 Å². The first-order chi connectivity index (χ1) is 2.27. The Kier molecular flexibility index (Phi) is 8.81. The van der Waals surface area contributed by atoms with Crippen molar-refractivity contribution in [3.05, 3.63) is 0 Å². The molecule has 0 saturated carbocycles. The molecule has 40 valence electrons. The van der Waals surface area contributed by atoms with E-state index in [1.165, 1.54) is 0 Å².